The van der Waals surface area contributed by atoms with Crippen LogP contribution in [0.3, 0.4) is 0 Å². The van der Waals surface area contributed by atoms with Crippen LogP contribution >= 0.6 is 0 Å². The number of amides is 2. The minimum atomic E-state index is 0.0105. The second kappa shape index (κ2) is 8.85. The predicted octanol–water partition coefficient (Wildman–Crippen LogP) is 4.08. The van der Waals surface area contributed by atoms with Crippen LogP contribution in [0, 0.1) is 18.8 Å². The minimum absolute atomic E-state index is 0.0105. The van der Waals surface area contributed by atoms with Crippen LogP contribution in [0.4, 0.5) is 5.69 Å². The van der Waals surface area contributed by atoms with Crippen LogP contribution in [0.1, 0.15) is 36.8 Å². The lowest BCUT2D eigenvalue weighted by Gasteiger charge is -2.30. The maximum Gasteiger partial charge on any atom is 0.229 e. The molecule has 0 bridgehead atoms. The number of carbonyl (C=O) groups is 2. The average molecular weight is 364 g/mol. The van der Waals surface area contributed by atoms with E-state index in [4.69, 9.17) is 0 Å². The van der Waals surface area contributed by atoms with Crippen LogP contribution in [0.5, 0.6) is 0 Å². The molecule has 0 aromatic heterocycles. The van der Waals surface area contributed by atoms with E-state index in [0.29, 0.717) is 6.54 Å². The molecule has 0 unspecified atom stereocenters. The van der Waals surface area contributed by atoms with E-state index >= 15 is 0 Å². The molecule has 142 valence electrons. The molecule has 0 atom stereocenters. The zero-order valence-corrected chi connectivity index (χ0v) is 16.2. The summed E-state index contributed by atoms with van der Waals surface area (Å²) >= 11 is 0. The van der Waals surface area contributed by atoms with Crippen LogP contribution in [-0.4, -0.2) is 18.9 Å². The highest BCUT2D eigenvalue weighted by Gasteiger charge is 2.31. The van der Waals surface area contributed by atoms with Gasteiger partial charge >= 0.3 is 0 Å². The first-order valence-corrected chi connectivity index (χ1v) is 9.70. The second-order valence-corrected chi connectivity index (χ2v) is 7.48. The fraction of sp³-hybridized carbons (Fsp3) is 0.391. The monoisotopic (exact) mass is 364 g/mol. The number of para-hydroxylation sites is 1. The van der Waals surface area contributed by atoms with Crippen LogP contribution < -0.4 is 10.2 Å². The molecule has 2 aromatic carbocycles. The first-order chi connectivity index (χ1) is 13.0. The Morgan fingerprint density at radius 2 is 1.52 bits per heavy atom. The van der Waals surface area contributed by atoms with E-state index in [1.807, 2.05) is 49.5 Å². The quantitative estimate of drug-likeness (QED) is 0.869. The Morgan fingerprint density at radius 3 is 2.15 bits per heavy atom. The summed E-state index contributed by atoms with van der Waals surface area (Å²) in [5.74, 6) is 0.287. The fourth-order valence-corrected chi connectivity index (χ4v) is 3.69. The maximum absolute atomic E-state index is 12.7. The molecule has 1 aliphatic rings. The molecule has 4 heteroatoms. The first kappa shape index (κ1) is 19.2. The van der Waals surface area contributed by atoms with E-state index < -0.39 is 0 Å². The van der Waals surface area contributed by atoms with Gasteiger partial charge < -0.3 is 10.2 Å². The molecule has 0 radical (unpaired) electrons. The number of benzene rings is 2. The zero-order valence-electron chi connectivity index (χ0n) is 16.2. The summed E-state index contributed by atoms with van der Waals surface area (Å²) in [4.78, 5) is 26.9. The van der Waals surface area contributed by atoms with Crippen molar-refractivity contribution in [1.29, 1.82) is 0 Å². The van der Waals surface area contributed by atoms with Crippen molar-refractivity contribution in [2.75, 3.05) is 11.9 Å². The van der Waals surface area contributed by atoms with Gasteiger partial charge in [-0.05, 0) is 50.3 Å². The van der Waals surface area contributed by atoms with Gasteiger partial charge in [-0.25, -0.2) is 0 Å². The van der Waals surface area contributed by atoms with E-state index in [2.05, 4.69) is 24.4 Å². The third-order valence-electron chi connectivity index (χ3n) is 5.51. The van der Waals surface area contributed by atoms with Gasteiger partial charge in [0.15, 0.2) is 0 Å². The summed E-state index contributed by atoms with van der Waals surface area (Å²) in [7, 11) is 1.83. The second-order valence-electron chi connectivity index (χ2n) is 7.48. The van der Waals surface area contributed by atoms with Gasteiger partial charge in [0.05, 0.1) is 0 Å². The predicted molar refractivity (Wildman–Crippen MR) is 108 cm³/mol. The van der Waals surface area contributed by atoms with Gasteiger partial charge in [-0.3, -0.25) is 9.59 Å². The number of anilines is 1. The molecule has 4 nitrogen and oxygen atoms in total. The van der Waals surface area contributed by atoms with Gasteiger partial charge in [-0.1, -0.05) is 48.0 Å². The number of rotatable bonds is 5. The minimum Gasteiger partial charge on any atom is -0.352 e. The third-order valence-corrected chi connectivity index (χ3v) is 5.51. The van der Waals surface area contributed by atoms with Gasteiger partial charge in [0.1, 0.15) is 0 Å². The Morgan fingerprint density at radius 1 is 0.926 bits per heavy atom. The molecule has 0 heterocycles. The molecule has 1 saturated carbocycles. The number of nitrogens with zero attached hydrogens (tertiary/aromatic N) is 1. The highest BCUT2D eigenvalue weighted by atomic mass is 16.2. The summed E-state index contributed by atoms with van der Waals surface area (Å²) in [6.45, 7) is 2.62. The lowest BCUT2D eigenvalue weighted by Crippen LogP contribution is -2.38. The van der Waals surface area contributed by atoms with E-state index in [-0.39, 0.29) is 23.7 Å². The molecule has 2 aromatic rings. The average Bonchev–Trinajstić information content (AvgIpc) is 2.73. The van der Waals surface area contributed by atoms with E-state index in [1.165, 1.54) is 5.56 Å². The molecule has 1 N–H and O–H groups in total. The maximum atomic E-state index is 12.7. The Hall–Kier alpha value is -2.62. The molecule has 1 aliphatic carbocycles. The molecule has 3 rings (SSSR count). The van der Waals surface area contributed by atoms with Crippen molar-refractivity contribution in [2.24, 2.45) is 11.8 Å². The number of aryl methyl sites for hydroxylation is 1. The number of nitrogens with one attached hydrogen (secondary N) is 1. The van der Waals surface area contributed by atoms with Crippen LogP contribution in [-0.2, 0) is 16.1 Å². The SMILES string of the molecule is Cc1ccc(CNC(=O)C2CCC(C(=O)N(C)c3ccccc3)CC2)cc1. The highest BCUT2D eigenvalue weighted by molar-refractivity contribution is 5.94. The van der Waals surface area contributed by atoms with Gasteiger partial charge in [-0.15, -0.1) is 0 Å². The highest BCUT2D eigenvalue weighted by Crippen LogP contribution is 2.31. The van der Waals surface area contributed by atoms with Crippen LogP contribution in [0.2, 0.25) is 0 Å². The van der Waals surface area contributed by atoms with E-state index in [0.717, 1.165) is 36.9 Å². The third kappa shape index (κ3) is 4.97. The zero-order chi connectivity index (χ0) is 19.2. The lowest BCUT2D eigenvalue weighted by atomic mass is 9.81. The standard InChI is InChI=1S/C23H28N2O2/c1-17-8-10-18(11-9-17)16-24-22(26)19-12-14-20(15-13-19)23(27)25(2)21-6-4-3-5-7-21/h3-11,19-20H,12-16H2,1-2H3,(H,24,26). The van der Waals surface area contributed by atoms with Crippen molar-refractivity contribution >= 4 is 17.5 Å². The Bertz CT molecular complexity index is 763. The van der Waals surface area contributed by atoms with Gasteiger partial charge in [0, 0.05) is 31.1 Å². The van der Waals surface area contributed by atoms with Crippen molar-refractivity contribution in [3.8, 4) is 0 Å². The molecule has 0 saturated heterocycles. The fourth-order valence-electron chi connectivity index (χ4n) is 3.69. The van der Waals surface area contributed by atoms with E-state index in [9.17, 15) is 9.59 Å². The van der Waals surface area contributed by atoms with Crippen molar-refractivity contribution in [3.63, 3.8) is 0 Å². The summed E-state index contributed by atoms with van der Waals surface area (Å²) in [5.41, 5.74) is 3.25. The van der Waals surface area contributed by atoms with Gasteiger partial charge in [0.25, 0.3) is 0 Å². The van der Waals surface area contributed by atoms with Gasteiger partial charge in [-0.2, -0.15) is 0 Å². The molecule has 27 heavy (non-hydrogen) atoms. The molecular weight excluding hydrogens is 336 g/mol. The normalized spacial score (nSPS) is 19.3. The summed E-state index contributed by atoms with van der Waals surface area (Å²) < 4.78 is 0. The summed E-state index contributed by atoms with van der Waals surface area (Å²) in [6.07, 6.45) is 3.11. The topological polar surface area (TPSA) is 49.4 Å². The number of hydrogen-bond donors (Lipinski definition) is 1. The number of carbonyl (C=O) groups excluding carboxylic acids is 2. The van der Waals surface area contributed by atoms with Crippen molar-refractivity contribution in [3.05, 3.63) is 65.7 Å². The molecular formula is C23H28N2O2. The molecule has 1 fully saturated rings. The summed E-state index contributed by atoms with van der Waals surface area (Å²) in [6, 6.07) is 17.9. The van der Waals surface area contributed by atoms with Crippen LogP contribution in [0.25, 0.3) is 0 Å². The first-order valence-electron chi connectivity index (χ1n) is 9.70. The van der Waals surface area contributed by atoms with Gasteiger partial charge in [0.2, 0.25) is 11.8 Å². The molecule has 0 spiro atoms. The Labute approximate surface area is 161 Å². The lowest BCUT2D eigenvalue weighted by molar-refractivity contribution is -0.129. The molecule has 0 aliphatic heterocycles. The Kier molecular flexibility index (Phi) is 6.28. The van der Waals surface area contributed by atoms with Crippen LogP contribution in [0.15, 0.2) is 54.6 Å². The smallest absolute Gasteiger partial charge is 0.229 e. The largest absolute Gasteiger partial charge is 0.352 e. The van der Waals surface area contributed by atoms with Crippen molar-refractivity contribution < 1.29 is 9.59 Å². The number of hydrogen-bond acceptors (Lipinski definition) is 2. The van der Waals surface area contributed by atoms with Crippen molar-refractivity contribution in [2.45, 2.75) is 39.2 Å². The Balaban J connectivity index is 1.47. The van der Waals surface area contributed by atoms with E-state index in [1.54, 1.807) is 4.90 Å². The molecule has 2 amide bonds. The van der Waals surface area contributed by atoms with Crippen molar-refractivity contribution in [1.82, 2.24) is 5.32 Å². The summed E-state index contributed by atoms with van der Waals surface area (Å²) in [5, 5.41) is 3.05.